The van der Waals surface area contributed by atoms with Crippen molar-refractivity contribution in [2.45, 2.75) is 25.9 Å². The summed E-state index contributed by atoms with van der Waals surface area (Å²) in [5.74, 6) is -0.742. The van der Waals surface area contributed by atoms with Crippen LogP contribution >= 0.6 is 11.6 Å². The standard InChI is InChI=1S/C24H25ClN6O3/c1-16-14-30(23(33)19-8-7-18(13-20(19)25)31-12-4-10-28-31)21-6-3-2-5-17(21)15-29(16)24(34)27-11-9-22(26)32/h2-8,10,12-13,16H,9,11,14-15H2,1H3,(H2,26,32)(H,27,34)/t16-/m1/s1. The van der Waals surface area contributed by atoms with E-state index in [1.54, 1.807) is 51.1 Å². The third-order valence-electron chi connectivity index (χ3n) is 5.71. The van der Waals surface area contributed by atoms with Crippen LogP contribution in [0.5, 0.6) is 0 Å². The van der Waals surface area contributed by atoms with Crippen molar-refractivity contribution < 1.29 is 14.4 Å². The molecular formula is C24H25ClN6O3. The smallest absolute Gasteiger partial charge is 0.318 e. The Labute approximate surface area is 202 Å². The molecule has 3 N–H and O–H groups in total. The minimum Gasteiger partial charge on any atom is -0.370 e. The SMILES string of the molecule is C[C@@H]1CN(C(=O)c2ccc(-n3cccn3)cc2Cl)c2ccccc2CN1C(=O)NCCC(N)=O. The maximum absolute atomic E-state index is 13.7. The van der Waals surface area contributed by atoms with E-state index in [0.717, 1.165) is 16.9 Å². The quantitative estimate of drug-likeness (QED) is 0.584. The average molecular weight is 481 g/mol. The first-order valence-electron chi connectivity index (χ1n) is 10.9. The highest BCUT2D eigenvalue weighted by Gasteiger charge is 2.32. The van der Waals surface area contributed by atoms with Crippen LogP contribution < -0.4 is 16.0 Å². The summed E-state index contributed by atoms with van der Waals surface area (Å²) >= 11 is 6.53. The summed E-state index contributed by atoms with van der Waals surface area (Å²) in [4.78, 5) is 40.8. The van der Waals surface area contributed by atoms with Crippen molar-refractivity contribution in [3.8, 4) is 5.69 Å². The monoisotopic (exact) mass is 480 g/mol. The Kier molecular flexibility index (Phi) is 6.83. The molecule has 0 spiro atoms. The number of para-hydroxylation sites is 1. The summed E-state index contributed by atoms with van der Waals surface area (Å²) in [6.07, 6.45) is 3.52. The van der Waals surface area contributed by atoms with Crippen LogP contribution in [0.4, 0.5) is 10.5 Å². The summed E-state index contributed by atoms with van der Waals surface area (Å²) in [6.45, 7) is 2.62. The van der Waals surface area contributed by atoms with Gasteiger partial charge in [-0.3, -0.25) is 9.59 Å². The molecule has 176 valence electrons. The molecule has 1 atom stereocenters. The minimum atomic E-state index is -0.484. The summed E-state index contributed by atoms with van der Waals surface area (Å²) in [5, 5.41) is 7.24. The summed E-state index contributed by atoms with van der Waals surface area (Å²) in [7, 11) is 0. The van der Waals surface area contributed by atoms with Gasteiger partial charge in [-0.05, 0) is 42.8 Å². The number of carbonyl (C=O) groups is 3. The number of anilines is 1. The molecule has 1 aliphatic rings. The third kappa shape index (κ3) is 4.89. The van der Waals surface area contributed by atoms with Gasteiger partial charge in [0.2, 0.25) is 5.91 Å². The van der Waals surface area contributed by atoms with Gasteiger partial charge < -0.3 is 20.9 Å². The predicted octanol–water partition coefficient (Wildman–Crippen LogP) is 2.96. The maximum atomic E-state index is 13.7. The molecule has 0 unspecified atom stereocenters. The Morgan fingerprint density at radius 3 is 2.68 bits per heavy atom. The van der Waals surface area contributed by atoms with Crippen LogP contribution in [-0.2, 0) is 11.3 Å². The van der Waals surface area contributed by atoms with E-state index < -0.39 is 5.91 Å². The zero-order chi connectivity index (χ0) is 24.2. The number of nitrogens with zero attached hydrogens (tertiary/aromatic N) is 4. The van der Waals surface area contributed by atoms with Crippen molar-refractivity contribution >= 4 is 35.1 Å². The fraction of sp³-hybridized carbons (Fsp3) is 0.250. The van der Waals surface area contributed by atoms with Gasteiger partial charge in [-0.15, -0.1) is 0 Å². The van der Waals surface area contributed by atoms with Gasteiger partial charge in [0, 0.05) is 50.2 Å². The molecule has 2 heterocycles. The van der Waals surface area contributed by atoms with Crippen molar-refractivity contribution in [3.05, 3.63) is 77.1 Å². The van der Waals surface area contributed by atoms with Gasteiger partial charge in [-0.25, -0.2) is 9.48 Å². The van der Waals surface area contributed by atoms with Gasteiger partial charge >= 0.3 is 6.03 Å². The number of urea groups is 1. The topological polar surface area (TPSA) is 114 Å². The van der Waals surface area contributed by atoms with E-state index in [0.29, 0.717) is 17.1 Å². The van der Waals surface area contributed by atoms with Gasteiger partial charge in [0.05, 0.1) is 16.3 Å². The fourth-order valence-electron chi connectivity index (χ4n) is 3.95. The average Bonchev–Trinajstić information content (AvgIpc) is 3.30. The number of benzene rings is 2. The Bertz CT molecular complexity index is 1210. The molecule has 1 aromatic heterocycles. The number of nitrogens with two attached hydrogens (primary N) is 1. The molecule has 0 saturated carbocycles. The van der Waals surface area contributed by atoms with Crippen LogP contribution in [-0.4, -0.2) is 51.7 Å². The molecule has 3 aromatic rings. The second-order valence-corrected chi connectivity index (χ2v) is 8.49. The lowest BCUT2D eigenvalue weighted by Crippen LogP contribution is -2.48. The molecule has 0 fully saturated rings. The molecule has 10 heteroatoms. The molecule has 1 aliphatic heterocycles. The Morgan fingerprint density at radius 1 is 1.18 bits per heavy atom. The van der Waals surface area contributed by atoms with Crippen molar-refractivity contribution in [2.24, 2.45) is 5.73 Å². The molecule has 0 bridgehead atoms. The first kappa shape index (κ1) is 23.3. The molecule has 0 aliphatic carbocycles. The van der Waals surface area contributed by atoms with Gasteiger partial charge in [0.15, 0.2) is 0 Å². The van der Waals surface area contributed by atoms with Gasteiger partial charge in [-0.1, -0.05) is 29.8 Å². The molecule has 4 rings (SSSR count). The Hall–Kier alpha value is -3.85. The number of amides is 4. The van der Waals surface area contributed by atoms with Crippen LogP contribution in [0.1, 0.15) is 29.3 Å². The summed E-state index contributed by atoms with van der Waals surface area (Å²) < 4.78 is 1.66. The molecule has 34 heavy (non-hydrogen) atoms. The molecule has 0 saturated heterocycles. The van der Waals surface area contributed by atoms with E-state index in [9.17, 15) is 14.4 Å². The largest absolute Gasteiger partial charge is 0.370 e. The minimum absolute atomic E-state index is 0.0577. The second kappa shape index (κ2) is 9.96. The van der Waals surface area contributed by atoms with E-state index in [4.69, 9.17) is 17.3 Å². The lowest BCUT2D eigenvalue weighted by atomic mass is 10.1. The summed E-state index contributed by atoms with van der Waals surface area (Å²) in [6, 6.07) is 13.8. The fourth-order valence-corrected chi connectivity index (χ4v) is 4.21. The second-order valence-electron chi connectivity index (χ2n) is 8.08. The number of rotatable bonds is 5. The lowest BCUT2D eigenvalue weighted by molar-refractivity contribution is -0.117. The molecule has 4 amide bonds. The van der Waals surface area contributed by atoms with E-state index in [1.807, 2.05) is 31.2 Å². The number of halogens is 1. The first-order valence-corrected chi connectivity index (χ1v) is 11.2. The zero-order valence-corrected chi connectivity index (χ0v) is 19.4. The highest BCUT2D eigenvalue weighted by molar-refractivity contribution is 6.34. The van der Waals surface area contributed by atoms with Crippen LogP contribution in [0.2, 0.25) is 5.02 Å². The molecule has 0 radical (unpaired) electrons. The van der Waals surface area contributed by atoms with Gasteiger partial charge in [0.1, 0.15) is 0 Å². The number of nitrogens with one attached hydrogen (secondary N) is 1. The first-order chi connectivity index (χ1) is 16.3. The number of carbonyl (C=O) groups excluding carboxylic acids is 3. The maximum Gasteiger partial charge on any atom is 0.318 e. The lowest BCUT2D eigenvalue weighted by Gasteiger charge is -2.29. The van der Waals surface area contributed by atoms with Crippen molar-refractivity contribution in [1.82, 2.24) is 20.0 Å². The Balaban J connectivity index is 1.61. The van der Waals surface area contributed by atoms with Crippen LogP contribution in [0.3, 0.4) is 0 Å². The van der Waals surface area contributed by atoms with Gasteiger partial charge in [0.25, 0.3) is 5.91 Å². The molecular weight excluding hydrogens is 456 g/mol. The Morgan fingerprint density at radius 2 is 1.97 bits per heavy atom. The van der Waals surface area contributed by atoms with E-state index in [2.05, 4.69) is 10.4 Å². The van der Waals surface area contributed by atoms with Crippen LogP contribution in [0, 0.1) is 0 Å². The van der Waals surface area contributed by atoms with Crippen LogP contribution in [0.25, 0.3) is 5.69 Å². The summed E-state index contributed by atoms with van der Waals surface area (Å²) in [5.41, 5.74) is 7.82. The third-order valence-corrected chi connectivity index (χ3v) is 6.02. The molecule has 2 aromatic carbocycles. The number of primary amides is 1. The van der Waals surface area contributed by atoms with Crippen molar-refractivity contribution in [1.29, 1.82) is 0 Å². The number of fused-ring (bicyclic) bond motifs is 1. The highest BCUT2D eigenvalue weighted by Crippen LogP contribution is 2.30. The van der Waals surface area contributed by atoms with Crippen molar-refractivity contribution in [2.75, 3.05) is 18.0 Å². The van der Waals surface area contributed by atoms with Crippen molar-refractivity contribution in [3.63, 3.8) is 0 Å². The predicted molar refractivity (Wildman–Crippen MR) is 129 cm³/mol. The number of aromatic nitrogens is 2. The normalized spacial score (nSPS) is 15.4. The number of hydrogen-bond donors (Lipinski definition) is 2. The zero-order valence-electron chi connectivity index (χ0n) is 18.6. The van der Waals surface area contributed by atoms with Crippen LogP contribution in [0.15, 0.2) is 60.9 Å². The van der Waals surface area contributed by atoms with E-state index in [-0.39, 0.29) is 37.5 Å². The van der Waals surface area contributed by atoms with E-state index >= 15 is 0 Å². The van der Waals surface area contributed by atoms with E-state index in [1.165, 1.54) is 0 Å². The number of hydrogen-bond acceptors (Lipinski definition) is 4. The highest BCUT2D eigenvalue weighted by atomic mass is 35.5. The molecule has 9 nitrogen and oxygen atoms in total. The van der Waals surface area contributed by atoms with Gasteiger partial charge in [-0.2, -0.15) is 5.10 Å².